The molecule has 1 aromatic rings. The van der Waals surface area contributed by atoms with Crippen LogP contribution in [0.15, 0.2) is 22.7 Å². The highest BCUT2D eigenvalue weighted by atomic mass is 79.9. The van der Waals surface area contributed by atoms with Gasteiger partial charge in [0, 0.05) is 6.54 Å². The summed E-state index contributed by atoms with van der Waals surface area (Å²) in [5.74, 6) is -1.74. The van der Waals surface area contributed by atoms with E-state index >= 15 is 0 Å². The highest BCUT2D eigenvalue weighted by molar-refractivity contribution is 9.10. The van der Waals surface area contributed by atoms with Crippen molar-refractivity contribution >= 4 is 43.7 Å². The second-order valence-electron chi connectivity index (χ2n) is 3.30. The number of amides is 1. The van der Waals surface area contributed by atoms with E-state index in [4.69, 9.17) is 0 Å². The first-order valence-corrected chi connectivity index (χ1v) is 6.62. The Morgan fingerprint density at radius 1 is 1.50 bits per heavy atom. The fourth-order valence-electron chi connectivity index (χ4n) is 1.17. The molecule has 0 aliphatic rings. The summed E-state index contributed by atoms with van der Waals surface area (Å²) in [4.78, 5) is 22.1. The van der Waals surface area contributed by atoms with Crippen LogP contribution < -0.4 is 5.32 Å². The number of carbonyl (C=O) groups is 2. The van der Waals surface area contributed by atoms with Crippen molar-refractivity contribution in [3.05, 3.63) is 34.1 Å². The lowest BCUT2D eigenvalue weighted by Crippen LogP contribution is -2.34. The van der Waals surface area contributed by atoms with Gasteiger partial charge < -0.3 is 10.1 Å². The van der Waals surface area contributed by atoms with Crippen molar-refractivity contribution in [1.29, 1.82) is 0 Å². The van der Waals surface area contributed by atoms with Crippen LogP contribution in [0.4, 0.5) is 4.39 Å². The molecule has 0 bridgehead atoms. The molecule has 98 valence electrons. The van der Waals surface area contributed by atoms with Crippen molar-refractivity contribution in [1.82, 2.24) is 5.32 Å². The zero-order valence-corrected chi connectivity index (χ0v) is 12.5. The molecule has 1 N–H and O–H groups in total. The fourth-order valence-corrected chi connectivity index (χ4v) is 1.88. The summed E-state index contributed by atoms with van der Waals surface area (Å²) in [6.45, 7) is 0.0114. The number of hydrogen-bond acceptors (Lipinski definition) is 3. The molecule has 1 unspecified atom stereocenters. The van der Waals surface area contributed by atoms with Gasteiger partial charge in [0.05, 0.1) is 17.1 Å². The van der Waals surface area contributed by atoms with Gasteiger partial charge in [-0.3, -0.25) is 9.59 Å². The lowest BCUT2D eigenvalue weighted by Gasteiger charge is -2.10. The van der Waals surface area contributed by atoms with Crippen LogP contribution in [0.2, 0.25) is 0 Å². The maximum Gasteiger partial charge on any atom is 0.321 e. The number of ether oxygens (including phenoxy) is 1. The molecule has 0 heterocycles. The third kappa shape index (κ3) is 3.78. The van der Waals surface area contributed by atoms with Crippen LogP contribution in [-0.4, -0.2) is 30.4 Å². The number of methoxy groups -OCH3 is 1. The van der Waals surface area contributed by atoms with Crippen molar-refractivity contribution in [3.8, 4) is 0 Å². The van der Waals surface area contributed by atoms with Crippen LogP contribution in [0.5, 0.6) is 0 Å². The molecule has 0 radical (unpaired) electrons. The van der Waals surface area contributed by atoms with Crippen LogP contribution in [0.25, 0.3) is 0 Å². The van der Waals surface area contributed by atoms with Crippen LogP contribution in [0, 0.1) is 5.82 Å². The van der Waals surface area contributed by atoms with Gasteiger partial charge in [-0.1, -0.05) is 22.0 Å². The predicted molar refractivity (Wildman–Crippen MR) is 71.2 cm³/mol. The highest BCUT2D eigenvalue weighted by Crippen LogP contribution is 2.18. The minimum atomic E-state index is -0.665. The number of hydrogen-bond donors (Lipinski definition) is 1. The van der Waals surface area contributed by atoms with Gasteiger partial charge in [0.25, 0.3) is 5.91 Å². The smallest absolute Gasteiger partial charge is 0.321 e. The van der Waals surface area contributed by atoms with Gasteiger partial charge in [-0.2, -0.15) is 0 Å². The maximum absolute atomic E-state index is 13.6. The molecule has 0 fully saturated rings. The molecule has 7 heteroatoms. The van der Waals surface area contributed by atoms with Gasteiger partial charge in [0.15, 0.2) is 0 Å². The van der Waals surface area contributed by atoms with E-state index in [-0.39, 0.29) is 16.6 Å². The van der Waals surface area contributed by atoms with Gasteiger partial charge in [0.1, 0.15) is 10.6 Å². The van der Waals surface area contributed by atoms with E-state index in [1.165, 1.54) is 19.2 Å². The Morgan fingerprint density at radius 2 is 2.17 bits per heavy atom. The molecule has 1 amide bonds. The zero-order chi connectivity index (χ0) is 13.7. The van der Waals surface area contributed by atoms with E-state index in [1.54, 1.807) is 6.07 Å². The van der Waals surface area contributed by atoms with E-state index in [0.29, 0.717) is 0 Å². The van der Waals surface area contributed by atoms with Crippen LogP contribution in [0.3, 0.4) is 0 Å². The SMILES string of the molecule is COC(=O)C(Br)CNC(=O)c1cccc(Br)c1F. The van der Waals surface area contributed by atoms with Gasteiger partial charge in [0.2, 0.25) is 0 Å². The van der Waals surface area contributed by atoms with E-state index in [0.717, 1.165) is 0 Å². The van der Waals surface area contributed by atoms with E-state index < -0.39 is 22.5 Å². The number of nitrogens with one attached hydrogen (secondary N) is 1. The second-order valence-corrected chi connectivity index (χ2v) is 5.26. The van der Waals surface area contributed by atoms with Crippen LogP contribution in [0.1, 0.15) is 10.4 Å². The Balaban J connectivity index is 2.66. The van der Waals surface area contributed by atoms with Gasteiger partial charge >= 0.3 is 5.97 Å². The summed E-state index contributed by atoms with van der Waals surface area (Å²) in [5.41, 5.74) is -0.0889. The topological polar surface area (TPSA) is 55.4 Å². The predicted octanol–water partition coefficient (Wildman–Crippen LogP) is 2.25. The molecule has 0 aromatic heterocycles. The summed E-state index contributed by atoms with van der Waals surface area (Å²) in [5, 5.41) is 2.43. The molecular weight excluding hydrogens is 373 g/mol. The Hall–Kier alpha value is -0.950. The van der Waals surface area contributed by atoms with Crippen LogP contribution >= 0.6 is 31.9 Å². The molecule has 0 saturated heterocycles. The molecule has 0 aliphatic carbocycles. The van der Waals surface area contributed by atoms with E-state index in [9.17, 15) is 14.0 Å². The molecule has 18 heavy (non-hydrogen) atoms. The first-order chi connectivity index (χ1) is 8.47. The molecule has 1 aromatic carbocycles. The van der Waals surface area contributed by atoms with Crippen molar-refractivity contribution in [2.24, 2.45) is 0 Å². The largest absolute Gasteiger partial charge is 0.468 e. The Morgan fingerprint density at radius 3 is 2.78 bits per heavy atom. The standard InChI is InChI=1S/C11H10Br2FNO3/c1-18-11(17)8(13)5-15-10(16)6-3-2-4-7(12)9(6)14/h2-4,8H,5H2,1H3,(H,15,16). The number of halogens is 3. The highest BCUT2D eigenvalue weighted by Gasteiger charge is 2.18. The first-order valence-electron chi connectivity index (χ1n) is 4.91. The Bertz CT molecular complexity index is 468. The average Bonchev–Trinajstić information content (AvgIpc) is 2.37. The minimum absolute atomic E-state index is 0.0114. The summed E-state index contributed by atoms with van der Waals surface area (Å²) < 4.78 is 18.3. The quantitative estimate of drug-likeness (QED) is 0.641. The van der Waals surface area contributed by atoms with Crippen LogP contribution in [-0.2, 0) is 9.53 Å². The van der Waals surface area contributed by atoms with Crippen molar-refractivity contribution in [2.45, 2.75) is 4.83 Å². The van der Waals surface area contributed by atoms with E-state index in [2.05, 4.69) is 41.9 Å². The molecule has 0 aliphatic heterocycles. The molecular formula is C11H10Br2FNO3. The Labute approximate surface area is 120 Å². The molecule has 4 nitrogen and oxygen atoms in total. The maximum atomic E-state index is 13.6. The summed E-state index contributed by atoms with van der Waals surface area (Å²) >= 11 is 6.04. The number of carbonyl (C=O) groups excluding carboxylic acids is 2. The average molecular weight is 383 g/mol. The summed E-state index contributed by atoms with van der Waals surface area (Å²) in [6.07, 6.45) is 0. The zero-order valence-electron chi connectivity index (χ0n) is 9.38. The number of alkyl halides is 1. The first kappa shape index (κ1) is 15.1. The van der Waals surface area contributed by atoms with Gasteiger partial charge in [-0.25, -0.2) is 4.39 Å². The number of rotatable bonds is 4. The second kappa shape index (κ2) is 6.84. The number of esters is 1. The molecule has 0 spiro atoms. The minimum Gasteiger partial charge on any atom is -0.468 e. The molecule has 1 rings (SSSR count). The fraction of sp³-hybridized carbons (Fsp3) is 0.273. The molecule has 1 atom stereocenters. The monoisotopic (exact) mass is 381 g/mol. The van der Waals surface area contributed by atoms with Gasteiger partial charge in [-0.05, 0) is 28.1 Å². The van der Waals surface area contributed by atoms with Crippen molar-refractivity contribution in [3.63, 3.8) is 0 Å². The third-order valence-corrected chi connectivity index (χ3v) is 3.41. The normalized spacial score (nSPS) is 11.8. The van der Waals surface area contributed by atoms with E-state index in [1.807, 2.05) is 0 Å². The molecule has 0 saturated carbocycles. The van der Waals surface area contributed by atoms with Crippen molar-refractivity contribution < 1.29 is 18.7 Å². The number of benzene rings is 1. The van der Waals surface area contributed by atoms with Crippen molar-refractivity contribution in [2.75, 3.05) is 13.7 Å². The third-order valence-electron chi connectivity index (χ3n) is 2.09. The summed E-state index contributed by atoms with van der Waals surface area (Å²) in [6, 6.07) is 4.40. The Kier molecular flexibility index (Phi) is 5.74. The lowest BCUT2D eigenvalue weighted by molar-refractivity contribution is -0.139. The lowest BCUT2D eigenvalue weighted by atomic mass is 10.2. The summed E-state index contributed by atoms with van der Waals surface area (Å²) in [7, 11) is 1.24. The van der Waals surface area contributed by atoms with Gasteiger partial charge in [-0.15, -0.1) is 0 Å².